The number of methoxy groups -OCH3 is 1. The van der Waals surface area contributed by atoms with Crippen LogP contribution in [0.1, 0.15) is 47.6 Å². The number of hydrogen-bond donors (Lipinski definition) is 4. The zero-order valence-corrected chi connectivity index (χ0v) is 21.2. The summed E-state index contributed by atoms with van der Waals surface area (Å²) in [6.45, 7) is 3.45. The van der Waals surface area contributed by atoms with E-state index in [1.54, 1.807) is 0 Å². The van der Waals surface area contributed by atoms with Crippen molar-refractivity contribution < 1.29 is 23.4 Å². The SMILES string of the molecule is COc1ccc(F)c(-c2nc(C(=O)Nc3cnc4c(c3N3C[C@H](C)C[C@H](N)C3)CCC4O)c(N)s2)c1F. The maximum atomic E-state index is 14.8. The first-order valence-corrected chi connectivity index (χ1v) is 12.8. The molecule has 0 bridgehead atoms. The first-order chi connectivity index (χ1) is 17.7. The number of rotatable bonds is 5. The lowest BCUT2D eigenvalue weighted by atomic mass is 9.95. The number of nitrogens with one attached hydrogen (secondary N) is 1. The molecular formula is C25H28F2N6O3S. The van der Waals surface area contributed by atoms with E-state index in [2.05, 4.69) is 27.1 Å². The summed E-state index contributed by atoms with van der Waals surface area (Å²) in [4.78, 5) is 24.0. The van der Waals surface area contributed by atoms with Gasteiger partial charge >= 0.3 is 0 Å². The molecule has 0 spiro atoms. The van der Waals surface area contributed by atoms with Crippen molar-refractivity contribution >= 4 is 33.6 Å². The van der Waals surface area contributed by atoms with Crippen molar-refractivity contribution in [3.63, 3.8) is 0 Å². The van der Waals surface area contributed by atoms with Gasteiger partial charge in [-0.1, -0.05) is 18.3 Å². The minimum atomic E-state index is -0.928. The summed E-state index contributed by atoms with van der Waals surface area (Å²) in [6, 6.07) is 2.20. The molecular weight excluding hydrogens is 502 g/mol. The normalized spacial score (nSPS) is 21.1. The van der Waals surface area contributed by atoms with Crippen molar-refractivity contribution in [1.29, 1.82) is 0 Å². The van der Waals surface area contributed by atoms with Crippen LogP contribution < -0.4 is 26.4 Å². The van der Waals surface area contributed by atoms with Crippen LogP contribution in [-0.2, 0) is 6.42 Å². The smallest absolute Gasteiger partial charge is 0.277 e. The fraction of sp³-hybridized carbons (Fsp3) is 0.400. The van der Waals surface area contributed by atoms with Crippen molar-refractivity contribution in [3.8, 4) is 16.3 Å². The molecule has 12 heteroatoms. The van der Waals surface area contributed by atoms with Crippen LogP contribution in [0.2, 0.25) is 0 Å². The highest BCUT2D eigenvalue weighted by atomic mass is 32.1. The first kappa shape index (κ1) is 25.3. The third-order valence-electron chi connectivity index (χ3n) is 6.78. The van der Waals surface area contributed by atoms with Gasteiger partial charge in [0.05, 0.1) is 42.0 Å². The van der Waals surface area contributed by atoms with Crippen molar-refractivity contribution in [2.24, 2.45) is 11.7 Å². The molecule has 3 aromatic rings. The zero-order chi connectivity index (χ0) is 26.4. The molecule has 1 amide bonds. The number of piperidine rings is 1. The molecule has 5 rings (SSSR count). The van der Waals surface area contributed by atoms with Gasteiger partial charge < -0.3 is 31.5 Å². The molecule has 6 N–H and O–H groups in total. The van der Waals surface area contributed by atoms with Crippen LogP contribution in [0, 0.1) is 17.6 Å². The van der Waals surface area contributed by atoms with Gasteiger partial charge in [0.25, 0.3) is 5.91 Å². The topological polar surface area (TPSA) is 140 Å². The van der Waals surface area contributed by atoms with E-state index in [1.807, 2.05) is 0 Å². The number of anilines is 3. The summed E-state index contributed by atoms with van der Waals surface area (Å²) in [5.74, 6) is -2.23. The van der Waals surface area contributed by atoms with Crippen molar-refractivity contribution in [2.75, 3.05) is 36.1 Å². The molecule has 1 saturated heterocycles. The van der Waals surface area contributed by atoms with Gasteiger partial charge in [0.2, 0.25) is 0 Å². The molecule has 196 valence electrons. The molecule has 3 heterocycles. The Morgan fingerprint density at radius 2 is 2.11 bits per heavy atom. The molecule has 3 atom stereocenters. The van der Waals surface area contributed by atoms with Crippen molar-refractivity contribution in [1.82, 2.24) is 9.97 Å². The zero-order valence-electron chi connectivity index (χ0n) is 20.4. The fourth-order valence-electron chi connectivity index (χ4n) is 5.21. The summed E-state index contributed by atoms with van der Waals surface area (Å²) >= 11 is 0.802. The number of aromatic nitrogens is 2. The predicted octanol–water partition coefficient (Wildman–Crippen LogP) is 3.48. The molecule has 1 fully saturated rings. The lowest BCUT2D eigenvalue weighted by Gasteiger charge is -2.38. The van der Waals surface area contributed by atoms with Crippen LogP contribution in [0.25, 0.3) is 10.6 Å². The minimum absolute atomic E-state index is 0.00817. The maximum absolute atomic E-state index is 14.8. The number of fused-ring (bicyclic) bond motifs is 1. The summed E-state index contributed by atoms with van der Waals surface area (Å²) in [5, 5.41) is 13.2. The average Bonchev–Trinajstić information content (AvgIpc) is 3.41. The number of nitrogens with two attached hydrogens (primary N) is 2. The van der Waals surface area contributed by atoms with Gasteiger partial charge in [0.1, 0.15) is 15.8 Å². The molecule has 37 heavy (non-hydrogen) atoms. The summed E-state index contributed by atoms with van der Waals surface area (Å²) in [6.07, 6.45) is 2.89. The van der Waals surface area contributed by atoms with Crippen LogP contribution >= 0.6 is 11.3 Å². The fourth-order valence-corrected chi connectivity index (χ4v) is 6.08. The number of carbonyl (C=O) groups excluding carboxylic acids is 1. The number of benzene rings is 1. The van der Waals surface area contributed by atoms with Crippen molar-refractivity contribution in [2.45, 2.75) is 38.3 Å². The van der Waals surface area contributed by atoms with Gasteiger partial charge in [-0.05, 0) is 37.3 Å². The van der Waals surface area contributed by atoms with Crippen LogP contribution in [-0.4, -0.2) is 47.2 Å². The Morgan fingerprint density at radius 1 is 1.32 bits per heavy atom. The second-order valence-electron chi connectivity index (χ2n) is 9.57. The van der Waals surface area contributed by atoms with Crippen LogP contribution in [0.3, 0.4) is 0 Å². The van der Waals surface area contributed by atoms with Crippen molar-refractivity contribution in [3.05, 3.63) is 46.9 Å². The monoisotopic (exact) mass is 530 g/mol. The number of thiazole rings is 1. The molecule has 9 nitrogen and oxygen atoms in total. The molecule has 2 aliphatic rings. The number of halogens is 2. The Hall–Kier alpha value is -3.35. The van der Waals surface area contributed by atoms with E-state index >= 15 is 0 Å². The number of aliphatic hydroxyl groups is 1. The third-order valence-corrected chi connectivity index (χ3v) is 7.68. The van der Waals surface area contributed by atoms with E-state index in [-0.39, 0.29) is 27.5 Å². The van der Waals surface area contributed by atoms with Crippen LogP contribution in [0.15, 0.2) is 18.3 Å². The number of ether oxygens (including phenoxy) is 1. The largest absolute Gasteiger partial charge is 0.494 e. The van der Waals surface area contributed by atoms with E-state index < -0.39 is 29.2 Å². The second kappa shape index (κ2) is 9.84. The Morgan fingerprint density at radius 3 is 2.84 bits per heavy atom. The Balaban J connectivity index is 1.51. The highest BCUT2D eigenvalue weighted by Gasteiger charge is 2.33. The molecule has 0 radical (unpaired) electrons. The van der Waals surface area contributed by atoms with Crippen LogP contribution in [0.4, 0.5) is 25.2 Å². The number of pyridine rings is 1. The van der Waals surface area contributed by atoms with E-state index in [1.165, 1.54) is 19.4 Å². The van der Waals surface area contributed by atoms with E-state index in [0.717, 1.165) is 41.6 Å². The Labute approximate surface area is 216 Å². The summed E-state index contributed by atoms with van der Waals surface area (Å²) < 4.78 is 34.3. The van der Waals surface area contributed by atoms with Gasteiger partial charge in [-0.3, -0.25) is 9.78 Å². The molecule has 1 unspecified atom stereocenters. The Kier molecular flexibility index (Phi) is 6.73. The Bertz CT molecular complexity index is 1360. The van der Waals surface area contributed by atoms with Crippen LogP contribution in [0.5, 0.6) is 5.75 Å². The molecule has 2 aromatic heterocycles. The van der Waals surface area contributed by atoms with E-state index in [9.17, 15) is 18.7 Å². The summed E-state index contributed by atoms with van der Waals surface area (Å²) in [7, 11) is 1.27. The quantitative estimate of drug-likeness (QED) is 0.393. The number of nitrogens with zero attached hydrogens (tertiary/aromatic N) is 3. The maximum Gasteiger partial charge on any atom is 0.277 e. The molecule has 0 saturated carbocycles. The molecule has 1 aromatic carbocycles. The van der Waals surface area contributed by atoms with Gasteiger partial charge in [-0.25, -0.2) is 13.8 Å². The van der Waals surface area contributed by atoms with Gasteiger partial charge in [0.15, 0.2) is 17.3 Å². The lowest BCUT2D eigenvalue weighted by Crippen LogP contribution is -2.47. The minimum Gasteiger partial charge on any atom is -0.494 e. The third kappa shape index (κ3) is 4.60. The predicted molar refractivity (Wildman–Crippen MR) is 138 cm³/mol. The molecule has 1 aliphatic heterocycles. The summed E-state index contributed by atoms with van der Waals surface area (Å²) in [5.41, 5.74) is 14.5. The highest BCUT2D eigenvalue weighted by molar-refractivity contribution is 7.19. The standard InChI is InChI=1S/C25H28F2N6O3S/c1-11-7-12(28)10-33(9-11)22-13-3-5-16(34)20(13)30-8-15(22)31-24(35)21-23(29)37-25(32-21)18-14(26)4-6-17(36-2)19(18)27/h4,6,8,11-12,16,34H,3,5,7,9-10,28-29H2,1-2H3,(H,31,35)/t11-,12+,16?/m1/s1. The van der Waals surface area contributed by atoms with Gasteiger partial charge in [0, 0.05) is 24.7 Å². The van der Waals surface area contributed by atoms with Gasteiger partial charge in [-0.2, -0.15) is 0 Å². The number of aliphatic hydroxyl groups excluding tert-OH is 1. The number of hydrogen-bond acceptors (Lipinski definition) is 9. The number of amides is 1. The van der Waals surface area contributed by atoms with Gasteiger partial charge in [-0.15, -0.1) is 0 Å². The number of nitrogen functional groups attached to an aromatic ring is 1. The highest BCUT2D eigenvalue weighted by Crippen LogP contribution is 2.42. The first-order valence-electron chi connectivity index (χ1n) is 12.0. The second-order valence-corrected chi connectivity index (χ2v) is 10.6. The number of carbonyl (C=O) groups is 1. The average molecular weight is 531 g/mol. The lowest BCUT2D eigenvalue weighted by molar-refractivity contribution is 0.102. The van der Waals surface area contributed by atoms with E-state index in [4.69, 9.17) is 16.2 Å². The van der Waals surface area contributed by atoms with E-state index in [0.29, 0.717) is 36.7 Å². The molecule has 1 aliphatic carbocycles.